The molecule has 0 spiro atoms. The fraction of sp³-hybridized carbons (Fsp3) is 0.455. The summed E-state index contributed by atoms with van der Waals surface area (Å²) in [5.74, 6) is -0.368. The monoisotopic (exact) mass is 260 g/mol. The van der Waals surface area contributed by atoms with E-state index in [1.807, 2.05) is 0 Å². The zero-order valence-corrected chi connectivity index (χ0v) is 9.41. The van der Waals surface area contributed by atoms with E-state index < -0.39 is 11.7 Å². The Morgan fingerprint density at radius 1 is 1.28 bits per heavy atom. The van der Waals surface area contributed by atoms with E-state index in [1.165, 1.54) is 4.90 Å². The molecule has 1 amide bonds. The first-order valence-corrected chi connectivity index (χ1v) is 5.39. The lowest BCUT2D eigenvalue weighted by Gasteiger charge is -2.26. The lowest BCUT2D eigenvalue weighted by molar-refractivity contribution is -0.137. The summed E-state index contributed by atoms with van der Waals surface area (Å²) in [6, 6.07) is 1.96. The van der Waals surface area contributed by atoms with E-state index in [0.717, 1.165) is 12.1 Å². The standard InChI is InChI=1S/C11H11F3N2O2/c12-11(13,14)8-1-2-9(15-7-8)10(17)16-3-5-18-6-4-16/h1-2,7H,3-6H2. The number of amides is 1. The molecule has 1 aliphatic heterocycles. The van der Waals surface area contributed by atoms with Gasteiger partial charge in [0.2, 0.25) is 0 Å². The number of nitrogens with zero attached hydrogens (tertiary/aromatic N) is 2. The summed E-state index contributed by atoms with van der Waals surface area (Å²) < 4.78 is 42.1. The number of ether oxygens (including phenoxy) is 1. The zero-order chi connectivity index (χ0) is 13.2. The number of pyridine rings is 1. The molecule has 2 rings (SSSR count). The van der Waals surface area contributed by atoms with E-state index in [2.05, 4.69) is 4.98 Å². The van der Waals surface area contributed by atoms with Crippen LogP contribution in [0.15, 0.2) is 18.3 Å². The number of morpholine rings is 1. The minimum Gasteiger partial charge on any atom is -0.378 e. The molecule has 2 heterocycles. The van der Waals surface area contributed by atoms with Crippen LogP contribution in [0.1, 0.15) is 16.1 Å². The van der Waals surface area contributed by atoms with Crippen LogP contribution >= 0.6 is 0 Å². The largest absolute Gasteiger partial charge is 0.417 e. The van der Waals surface area contributed by atoms with Crippen molar-refractivity contribution < 1.29 is 22.7 Å². The van der Waals surface area contributed by atoms with Crippen LogP contribution in [0.3, 0.4) is 0 Å². The third-order valence-corrected chi connectivity index (χ3v) is 2.61. The molecule has 1 aromatic heterocycles. The van der Waals surface area contributed by atoms with Crippen LogP contribution in [0.5, 0.6) is 0 Å². The molecule has 0 aromatic carbocycles. The Bertz CT molecular complexity index is 425. The normalized spacial score (nSPS) is 16.7. The van der Waals surface area contributed by atoms with Gasteiger partial charge in [-0.15, -0.1) is 0 Å². The van der Waals surface area contributed by atoms with Gasteiger partial charge in [-0.25, -0.2) is 0 Å². The Morgan fingerprint density at radius 3 is 2.44 bits per heavy atom. The molecule has 1 fully saturated rings. The van der Waals surface area contributed by atoms with Gasteiger partial charge >= 0.3 is 6.18 Å². The van der Waals surface area contributed by atoms with E-state index in [-0.39, 0.29) is 11.6 Å². The van der Waals surface area contributed by atoms with Crippen molar-refractivity contribution in [1.82, 2.24) is 9.88 Å². The summed E-state index contributed by atoms with van der Waals surface area (Å²) in [4.78, 5) is 17.0. The number of rotatable bonds is 1. The van der Waals surface area contributed by atoms with Gasteiger partial charge in [0.05, 0.1) is 18.8 Å². The van der Waals surface area contributed by atoms with Crippen LogP contribution in [0.25, 0.3) is 0 Å². The van der Waals surface area contributed by atoms with Crippen molar-refractivity contribution >= 4 is 5.91 Å². The number of hydrogen-bond acceptors (Lipinski definition) is 3. The number of alkyl halides is 3. The van der Waals surface area contributed by atoms with Crippen molar-refractivity contribution in [2.75, 3.05) is 26.3 Å². The quantitative estimate of drug-likeness (QED) is 0.769. The predicted molar refractivity (Wildman–Crippen MR) is 56.0 cm³/mol. The van der Waals surface area contributed by atoms with Gasteiger partial charge in [0, 0.05) is 19.3 Å². The Kier molecular flexibility index (Phi) is 3.51. The highest BCUT2D eigenvalue weighted by atomic mass is 19.4. The molecule has 0 radical (unpaired) electrons. The third-order valence-electron chi connectivity index (χ3n) is 2.61. The van der Waals surface area contributed by atoms with Gasteiger partial charge in [-0.1, -0.05) is 0 Å². The predicted octanol–water partition coefficient (Wildman–Crippen LogP) is 1.57. The number of halogens is 3. The molecule has 0 aliphatic carbocycles. The lowest BCUT2D eigenvalue weighted by atomic mass is 10.2. The molecular formula is C11H11F3N2O2. The highest BCUT2D eigenvalue weighted by molar-refractivity contribution is 5.92. The van der Waals surface area contributed by atoms with Gasteiger partial charge in [-0.05, 0) is 12.1 Å². The van der Waals surface area contributed by atoms with Crippen molar-refractivity contribution in [2.24, 2.45) is 0 Å². The summed E-state index contributed by atoms with van der Waals surface area (Å²) in [6.07, 6.45) is -3.76. The molecule has 0 bridgehead atoms. The molecule has 18 heavy (non-hydrogen) atoms. The van der Waals surface area contributed by atoms with Crippen molar-refractivity contribution in [1.29, 1.82) is 0 Å². The fourth-order valence-corrected chi connectivity index (χ4v) is 1.62. The summed E-state index contributed by atoms with van der Waals surface area (Å²) >= 11 is 0. The van der Waals surface area contributed by atoms with E-state index in [1.54, 1.807) is 0 Å². The molecule has 0 saturated carbocycles. The number of carbonyl (C=O) groups excluding carboxylic acids is 1. The van der Waals surface area contributed by atoms with Crippen molar-refractivity contribution in [2.45, 2.75) is 6.18 Å². The van der Waals surface area contributed by atoms with E-state index in [9.17, 15) is 18.0 Å². The molecule has 4 nitrogen and oxygen atoms in total. The molecular weight excluding hydrogens is 249 g/mol. The second kappa shape index (κ2) is 4.93. The molecule has 0 N–H and O–H groups in total. The Hall–Kier alpha value is -1.63. The maximum Gasteiger partial charge on any atom is 0.417 e. The molecule has 7 heteroatoms. The first-order chi connectivity index (χ1) is 8.48. The average Bonchev–Trinajstić information content (AvgIpc) is 2.38. The fourth-order valence-electron chi connectivity index (χ4n) is 1.62. The van der Waals surface area contributed by atoms with E-state index in [4.69, 9.17) is 4.74 Å². The Labute approximate surface area is 101 Å². The minimum atomic E-state index is -4.44. The Morgan fingerprint density at radius 2 is 1.94 bits per heavy atom. The van der Waals surface area contributed by atoms with Crippen LogP contribution in [-0.4, -0.2) is 42.1 Å². The van der Waals surface area contributed by atoms with Gasteiger partial charge in [-0.3, -0.25) is 9.78 Å². The third kappa shape index (κ3) is 2.79. The van der Waals surface area contributed by atoms with Gasteiger partial charge in [0.1, 0.15) is 5.69 Å². The van der Waals surface area contributed by atoms with Gasteiger partial charge < -0.3 is 9.64 Å². The van der Waals surface area contributed by atoms with Gasteiger partial charge in [0.15, 0.2) is 0 Å². The average molecular weight is 260 g/mol. The minimum absolute atomic E-state index is 0.0184. The van der Waals surface area contributed by atoms with Crippen LogP contribution in [-0.2, 0) is 10.9 Å². The van der Waals surface area contributed by atoms with Gasteiger partial charge in [0.25, 0.3) is 5.91 Å². The maximum absolute atomic E-state index is 12.3. The highest BCUT2D eigenvalue weighted by Crippen LogP contribution is 2.28. The maximum atomic E-state index is 12.3. The van der Waals surface area contributed by atoms with Crippen molar-refractivity contribution in [3.8, 4) is 0 Å². The van der Waals surface area contributed by atoms with Crippen molar-refractivity contribution in [3.63, 3.8) is 0 Å². The van der Waals surface area contributed by atoms with Crippen molar-refractivity contribution in [3.05, 3.63) is 29.6 Å². The molecule has 0 atom stereocenters. The summed E-state index contributed by atoms with van der Waals surface area (Å²) in [7, 11) is 0. The smallest absolute Gasteiger partial charge is 0.378 e. The van der Waals surface area contributed by atoms with Crippen LogP contribution in [0, 0.1) is 0 Å². The highest BCUT2D eigenvalue weighted by Gasteiger charge is 2.31. The lowest BCUT2D eigenvalue weighted by Crippen LogP contribution is -2.41. The number of hydrogen-bond donors (Lipinski definition) is 0. The first kappa shape index (κ1) is 12.8. The molecule has 1 aliphatic rings. The molecule has 1 saturated heterocycles. The molecule has 98 valence electrons. The Balaban J connectivity index is 2.11. The number of carbonyl (C=O) groups is 1. The number of aromatic nitrogens is 1. The SMILES string of the molecule is O=C(c1ccc(C(F)(F)F)cn1)N1CCOCC1. The van der Waals surface area contributed by atoms with Crippen LogP contribution in [0.2, 0.25) is 0 Å². The molecule has 1 aromatic rings. The van der Waals surface area contributed by atoms with E-state index >= 15 is 0 Å². The van der Waals surface area contributed by atoms with Crippen LogP contribution in [0.4, 0.5) is 13.2 Å². The van der Waals surface area contributed by atoms with Gasteiger partial charge in [-0.2, -0.15) is 13.2 Å². The zero-order valence-electron chi connectivity index (χ0n) is 9.41. The summed E-state index contributed by atoms with van der Waals surface area (Å²) in [6.45, 7) is 1.74. The van der Waals surface area contributed by atoms with Crippen LogP contribution < -0.4 is 0 Å². The topological polar surface area (TPSA) is 42.4 Å². The van der Waals surface area contributed by atoms with E-state index in [0.29, 0.717) is 32.5 Å². The first-order valence-electron chi connectivity index (χ1n) is 5.39. The molecule has 0 unspecified atom stereocenters. The second-order valence-corrected chi connectivity index (χ2v) is 3.83. The summed E-state index contributed by atoms with van der Waals surface area (Å²) in [5, 5.41) is 0. The summed E-state index contributed by atoms with van der Waals surface area (Å²) in [5.41, 5.74) is -0.842. The second-order valence-electron chi connectivity index (χ2n) is 3.83.